The van der Waals surface area contributed by atoms with Gasteiger partial charge in [-0.05, 0) is 120 Å². The van der Waals surface area contributed by atoms with Crippen LogP contribution >= 0.6 is 47.5 Å². The van der Waals surface area contributed by atoms with E-state index in [1.807, 2.05) is 0 Å². The molecule has 7 unspecified atom stereocenters. The molecule has 0 aromatic carbocycles. The van der Waals surface area contributed by atoms with Gasteiger partial charge in [0.1, 0.15) is 13.0 Å². The Morgan fingerprint density at radius 2 is 0.905 bits per heavy atom. The Hall–Kier alpha value is -4.82. The molecule has 6 amide bonds. The second-order valence-electron chi connectivity index (χ2n) is 24.0. The molecule has 0 aromatic rings. The third kappa shape index (κ3) is 26.0. The summed E-state index contributed by atoms with van der Waals surface area (Å²) in [5.41, 5.74) is -2.63. The van der Waals surface area contributed by atoms with Gasteiger partial charge in [-0.15, -0.1) is 33.7 Å². The zero-order chi connectivity index (χ0) is 64.5. The van der Waals surface area contributed by atoms with Gasteiger partial charge in [0.15, 0.2) is 0 Å². The number of rotatable bonds is 36. The van der Waals surface area contributed by atoms with Crippen LogP contribution in [-0.2, 0) is 76.7 Å². The fraction of sp³-hybridized carbons (Fsp3) is 0.776. The van der Waals surface area contributed by atoms with Crippen LogP contribution in [0.25, 0.3) is 0 Å². The smallest absolute Gasteiger partial charge is 0.336 e. The minimum atomic E-state index is -1.42. The molecule has 84 heavy (non-hydrogen) atoms. The van der Waals surface area contributed by atoms with Crippen LogP contribution in [0.3, 0.4) is 0 Å². The van der Waals surface area contributed by atoms with Crippen LogP contribution in [0.5, 0.6) is 0 Å². The van der Waals surface area contributed by atoms with Gasteiger partial charge in [-0.25, -0.2) is 9.59 Å². The van der Waals surface area contributed by atoms with Crippen LogP contribution in [0, 0.1) is 34.5 Å². The highest BCUT2D eigenvalue weighted by Crippen LogP contribution is 2.43. The Balaban J connectivity index is 0.000000888. The first kappa shape index (κ1) is 77.2. The van der Waals surface area contributed by atoms with Gasteiger partial charge in [-0.3, -0.25) is 47.9 Å². The van der Waals surface area contributed by atoms with Crippen LogP contribution in [0.2, 0.25) is 0 Å². The van der Waals surface area contributed by atoms with Crippen LogP contribution in [0.15, 0.2) is 0 Å². The van der Waals surface area contributed by atoms with Crippen molar-refractivity contribution in [2.45, 2.75) is 232 Å². The number of thioether (sulfide) groups is 3. The zero-order valence-electron chi connectivity index (χ0n) is 51.9. The van der Waals surface area contributed by atoms with Gasteiger partial charge >= 0.3 is 35.8 Å². The maximum Gasteiger partial charge on any atom is 0.336 e. The largest absolute Gasteiger partial charge is 0.481 e. The highest BCUT2D eigenvalue weighted by atomic mass is 32.2. The van der Waals surface area contributed by atoms with E-state index in [2.05, 4.69) is 24.5 Å². The molecule has 26 heteroatoms. The van der Waals surface area contributed by atoms with Gasteiger partial charge in [0.25, 0.3) is 23.6 Å². The number of hydrogen-bond donors (Lipinski definition) is 4. The van der Waals surface area contributed by atoms with E-state index in [1.54, 1.807) is 47.8 Å². The summed E-state index contributed by atoms with van der Waals surface area (Å²) in [5.74, 6) is -13.3. The maximum atomic E-state index is 13.8. The van der Waals surface area contributed by atoms with Gasteiger partial charge in [0.05, 0.1) is 36.9 Å². The van der Waals surface area contributed by atoms with E-state index in [9.17, 15) is 67.7 Å². The number of amides is 6. The van der Waals surface area contributed by atoms with E-state index in [0.717, 1.165) is 42.8 Å². The Kier molecular flexibility index (Phi) is 33.4. The molecule has 2 saturated heterocycles. The number of carboxylic acids is 2. The number of imide groups is 2. The van der Waals surface area contributed by atoms with Crippen LogP contribution in [0.1, 0.15) is 205 Å². The predicted octanol–water partition coefficient (Wildman–Crippen LogP) is 9.16. The molecule has 4 N–H and O–H groups in total. The molecule has 2 aliphatic heterocycles. The van der Waals surface area contributed by atoms with Crippen LogP contribution < -0.4 is 10.6 Å². The number of hydroxylamine groups is 4. The molecule has 478 valence electrons. The number of thiocarbonyl (C=S) groups is 1. The number of aliphatic carboxylic acids is 2. The summed E-state index contributed by atoms with van der Waals surface area (Å²) in [4.78, 5) is 162. The Morgan fingerprint density at radius 3 is 1.24 bits per heavy atom. The van der Waals surface area contributed by atoms with Gasteiger partial charge in [-0.1, -0.05) is 89.2 Å². The highest BCUT2D eigenvalue weighted by molar-refractivity contribution is 8.47. The summed E-state index contributed by atoms with van der Waals surface area (Å²) >= 11 is 9.42. The van der Waals surface area contributed by atoms with E-state index in [4.69, 9.17) is 31.4 Å². The van der Waals surface area contributed by atoms with Crippen molar-refractivity contribution in [1.29, 1.82) is 0 Å². The number of carboxylic acid groups (broad SMARTS) is 2. The summed E-state index contributed by atoms with van der Waals surface area (Å²) < 4.78 is 7.90. The summed E-state index contributed by atoms with van der Waals surface area (Å²) in [7, 11) is 2.44. The van der Waals surface area contributed by atoms with Crippen LogP contribution in [-0.4, -0.2) is 142 Å². The molecule has 0 spiro atoms. The predicted molar refractivity (Wildman–Crippen MR) is 324 cm³/mol. The van der Waals surface area contributed by atoms with Crippen molar-refractivity contribution in [1.82, 2.24) is 20.8 Å². The minimum absolute atomic E-state index is 0.0896. The standard InChI is InChI=1S/C35H58N2O9S3.C23H36N2O9S/c1-9-10-11-12-13-14-15-16-17-24(4)48-33(47)49-35(7,32(44)45-8)22-26(30(41)46-37-27(38)18-19-28(37)39)20-25(29(40)36-23(2)3)21-34(5,6)31(42)43;1-13(2)24-18(28)14(11-22(3,4)20(30)31)10-15(12-23(5,35-7)21(32)33-6)19(29)34-25-16(26)8-9-17(25)27/h23-26H,9-22H2,1-8H3,(H,36,40)(H,42,43);13-15H,8-12H2,1-7H3,(H,24,28)(H,30,31). The van der Waals surface area contributed by atoms with Crippen LogP contribution in [0.4, 0.5) is 0 Å². The first-order valence-electron chi connectivity index (χ1n) is 28.8. The van der Waals surface area contributed by atoms with Crippen molar-refractivity contribution in [2.24, 2.45) is 34.5 Å². The van der Waals surface area contributed by atoms with Crippen molar-refractivity contribution in [3.8, 4) is 0 Å². The van der Waals surface area contributed by atoms with Crippen molar-refractivity contribution in [3.63, 3.8) is 0 Å². The molecule has 22 nitrogen and oxygen atoms in total. The molecule has 0 saturated carbocycles. The second-order valence-corrected chi connectivity index (χ2v) is 29.4. The fourth-order valence-electron chi connectivity index (χ4n) is 9.42. The van der Waals surface area contributed by atoms with Crippen molar-refractivity contribution >= 4 is 122 Å². The monoisotopic (exact) mass is 1260 g/mol. The van der Waals surface area contributed by atoms with E-state index >= 15 is 0 Å². The number of esters is 2. The van der Waals surface area contributed by atoms with E-state index in [0.29, 0.717) is 13.7 Å². The van der Waals surface area contributed by atoms with E-state index in [1.165, 1.54) is 92.2 Å². The number of methoxy groups -OCH3 is 2. The van der Waals surface area contributed by atoms with Gasteiger partial charge in [-0.2, -0.15) is 0 Å². The number of hydrogen-bond acceptors (Lipinski definition) is 20. The van der Waals surface area contributed by atoms with Crippen molar-refractivity contribution < 1.29 is 86.9 Å². The summed E-state index contributed by atoms with van der Waals surface area (Å²) in [5, 5.41) is 26.0. The normalized spacial score (nSPS) is 17.0. The Bertz CT molecular complexity index is 2300. The van der Waals surface area contributed by atoms with E-state index in [-0.39, 0.29) is 81.5 Å². The molecule has 2 aliphatic rings. The number of carbonyl (C=O) groups is 12. The van der Waals surface area contributed by atoms with E-state index < -0.39 is 115 Å². The first-order valence-corrected chi connectivity index (χ1v) is 32.1. The number of ether oxygens (including phenoxy) is 2. The Labute approximate surface area is 514 Å². The minimum Gasteiger partial charge on any atom is -0.481 e. The lowest BCUT2D eigenvalue weighted by Crippen LogP contribution is -2.44. The maximum absolute atomic E-state index is 13.8. The quantitative estimate of drug-likeness (QED) is 0.0196. The lowest BCUT2D eigenvalue weighted by molar-refractivity contribution is -0.201. The highest BCUT2D eigenvalue weighted by Gasteiger charge is 2.47. The molecule has 0 bridgehead atoms. The molecule has 0 aliphatic carbocycles. The topological polar surface area (TPSA) is 313 Å². The number of unbranched alkanes of at least 4 members (excludes halogenated alkanes) is 7. The molecule has 2 rings (SSSR count). The average Bonchev–Trinajstić information content (AvgIpc) is 3.77. The molecule has 0 radical (unpaired) electrons. The molecule has 7 atom stereocenters. The summed E-state index contributed by atoms with van der Waals surface area (Å²) in [6.45, 7) is 20.4. The third-order valence-electron chi connectivity index (χ3n) is 14.5. The molecule has 0 aromatic heterocycles. The number of nitrogens with zero attached hydrogens (tertiary/aromatic N) is 2. The summed E-state index contributed by atoms with van der Waals surface area (Å²) in [6, 6.07) is -0.513. The molecule has 2 heterocycles. The second kappa shape index (κ2) is 36.4. The van der Waals surface area contributed by atoms with Crippen molar-refractivity contribution in [2.75, 3.05) is 20.5 Å². The molecule has 2 fully saturated rings. The molecular formula is C58H94N4O18S4. The fourth-order valence-corrected chi connectivity index (χ4v) is 13.8. The first-order chi connectivity index (χ1) is 38.9. The zero-order valence-corrected chi connectivity index (χ0v) is 55.2. The average molecular weight is 1260 g/mol. The molecular weight excluding hydrogens is 1170 g/mol. The Morgan fingerprint density at radius 1 is 0.560 bits per heavy atom. The van der Waals surface area contributed by atoms with Gasteiger partial charge < -0.3 is 40.0 Å². The lowest BCUT2D eigenvalue weighted by atomic mass is 9.77. The number of carbonyl (C=O) groups excluding carboxylic acids is 10. The van der Waals surface area contributed by atoms with Gasteiger partial charge in [0, 0.05) is 54.9 Å². The third-order valence-corrected chi connectivity index (χ3v) is 18.6. The summed E-state index contributed by atoms with van der Waals surface area (Å²) in [6.07, 6.45) is 11.0. The lowest BCUT2D eigenvalue weighted by Gasteiger charge is -2.33. The van der Waals surface area contributed by atoms with Gasteiger partial charge in [0.2, 0.25) is 11.8 Å². The number of nitrogens with one attached hydrogen (secondary N) is 2. The van der Waals surface area contributed by atoms with Crippen molar-refractivity contribution in [3.05, 3.63) is 0 Å². The SMILES string of the molecule is CCCCCCCCCCC(C)SC(=S)SC(C)(CC(CC(CC(C)(C)C(=O)O)C(=O)NC(C)C)C(=O)ON1C(=O)CCC1=O)C(=O)OC.COC(=O)C(C)(CC(CC(CC(C)(C)C(=O)O)C(=O)NC(C)C)C(=O)ON1C(=O)CCC1=O)SC.